The summed E-state index contributed by atoms with van der Waals surface area (Å²) < 4.78 is 0. The van der Waals surface area contributed by atoms with Gasteiger partial charge in [0.15, 0.2) is 0 Å². The lowest BCUT2D eigenvalue weighted by molar-refractivity contribution is 0.0697. The van der Waals surface area contributed by atoms with Gasteiger partial charge in [-0.25, -0.2) is 9.78 Å². The van der Waals surface area contributed by atoms with E-state index < -0.39 is 5.97 Å². The minimum absolute atomic E-state index is 0.214. The number of carboxylic acids is 1. The Labute approximate surface area is 111 Å². The molecule has 2 saturated carbocycles. The van der Waals surface area contributed by atoms with Crippen molar-refractivity contribution in [3.8, 4) is 0 Å². The quantitative estimate of drug-likeness (QED) is 0.833. The van der Waals surface area contributed by atoms with Gasteiger partial charge in [0, 0.05) is 12.6 Å². The first kappa shape index (κ1) is 11.8. The molecule has 0 radical (unpaired) electrons. The summed E-state index contributed by atoms with van der Waals surface area (Å²) in [5.74, 6) is 0.511. The van der Waals surface area contributed by atoms with Crippen molar-refractivity contribution in [3.05, 3.63) is 22.8 Å². The molecule has 4 nitrogen and oxygen atoms in total. The van der Waals surface area contributed by atoms with E-state index in [9.17, 15) is 4.79 Å². The number of pyridine rings is 1. The van der Waals surface area contributed by atoms with Crippen molar-refractivity contribution in [2.45, 2.75) is 31.7 Å². The van der Waals surface area contributed by atoms with Gasteiger partial charge in [-0.15, -0.1) is 0 Å². The Bertz CT molecular complexity index is 484. The van der Waals surface area contributed by atoms with E-state index in [4.69, 9.17) is 16.7 Å². The molecule has 0 aliphatic heterocycles. The van der Waals surface area contributed by atoms with Crippen molar-refractivity contribution >= 4 is 23.4 Å². The molecule has 0 spiro atoms. The van der Waals surface area contributed by atoms with Gasteiger partial charge in [0.2, 0.25) is 0 Å². The van der Waals surface area contributed by atoms with Crippen LogP contribution in [0, 0.1) is 5.92 Å². The van der Waals surface area contributed by atoms with E-state index in [1.165, 1.54) is 31.7 Å². The van der Waals surface area contributed by atoms with Crippen LogP contribution in [0.2, 0.25) is 5.15 Å². The third-order valence-corrected chi connectivity index (χ3v) is 3.65. The van der Waals surface area contributed by atoms with Gasteiger partial charge >= 0.3 is 5.97 Å². The summed E-state index contributed by atoms with van der Waals surface area (Å²) in [6.45, 7) is 0.983. The molecule has 2 aliphatic carbocycles. The van der Waals surface area contributed by atoms with Gasteiger partial charge in [-0.05, 0) is 43.7 Å². The molecular weight excluding hydrogens is 252 g/mol. The second-order valence-electron chi connectivity index (χ2n) is 5.17. The zero-order valence-electron chi connectivity index (χ0n) is 9.97. The first-order valence-electron chi connectivity index (χ1n) is 6.31. The van der Waals surface area contributed by atoms with Crippen LogP contribution in [0.5, 0.6) is 0 Å². The van der Waals surface area contributed by atoms with Crippen LogP contribution >= 0.6 is 11.6 Å². The Morgan fingerprint density at radius 2 is 2.11 bits per heavy atom. The third-order valence-electron chi connectivity index (χ3n) is 3.46. The number of aromatic carboxylic acids is 1. The van der Waals surface area contributed by atoms with Gasteiger partial charge in [0.1, 0.15) is 11.0 Å². The summed E-state index contributed by atoms with van der Waals surface area (Å²) in [6, 6.07) is 3.56. The highest BCUT2D eigenvalue weighted by atomic mass is 35.5. The molecule has 5 heteroatoms. The lowest BCUT2D eigenvalue weighted by Gasteiger charge is -2.23. The summed E-state index contributed by atoms with van der Waals surface area (Å²) in [7, 11) is 0. The lowest BCUT2D eigenvalue weighted by atomic mass is 10.2. The number of anilines is 1. The van der Waals surface area contributed by atoms with Crippen molar-refractivity contribution in [2.75, 3.05) is 11.4 Å². The van der Waals surface area contributed by atoms with Crippen LogP contribution in [0.1, 0.15) is 36.0 Å². The van der Waals surface area contributed by atoms with Crippen molar-refractivity contribution in [3.63, 3.8) is 0 Å². The predicted octanol–water partition coefficient (Wildman–Crippen LogP) is 2.81. The molecule has 0 amide bonds. The topological polar surface area (TPSA) is 53.4 Å². The van der Waals surface area contributed by atoms with E-state index in [1.54, 1.807) is 6.07 Å². The Balaban J connectivity index is 1.89. The zero-order chi connectivity index (χ0) is 12.7. The Morgan fingerprint density at radius 1 is 1.39 bits per heavy atom. The smallest absolute Gasteiger partial charge is 0.335 e. The molecule has 2 aliphatic rings. The first-order valence-corrected chi connectivity index (χ1v) is 6.69. The molecule has 0 atom stereocenters. The fourth-order valence-electron chi connectivity index (χ4n) is 2.15. The Kier molecular flexibility index (Phi) is 2.90. The number of halogens is 1. The number of nitrogens with zero attached hydrogens (tertiary/aromatic N) is 2. The molecule has 0 unspecified atom stereocenters. The van der Waals surface area contributed by atoms with Gasteiger partial charge in [-0.2, -0.15) is 0 Å². The standard InChI is InChI=1S/C13H15ClN2O2/c14-11-5-9(13(17)18)6-12(15-11)16(10-3-4-10)7-8-1-2-8/h5-6,8,10H,1-4,7H2,(H,17,18). The van der Waals surface area contributed by atoms with Crippen LogP contribution in [0.3, 0.4) is 0 Å². The summed E-state index contributed by atoms with van der Waals surface area (Å²) in [5.41, 5.74) is 0.214. The van der Waals surface area contributed by atoms with Crippen molar-refractivity contribution in [1.82, 2.24) is 4.98 Å². The number of aromatic nitrogens is 1. The van der Waals surface area contributed by atoms with Crippen LogP contribution in [-0.4, -0.2) is 28.6 Å². The molecule has 1 heterocycles. The number of hydrogen-bond acceptors (Lipinski definition) is 3. The van der Waals surface area contributed by atoms with Gasteiger partial charge in [-0.3, -0.25) is 0 Å². The normalized spacial score (nSPS) is 18.7. The zero-order valence-corrected chi connectivity index (χ0v) is 10.7. The summed E-state index contributed by atoms with van der Waals surface area (Å²) in [4.78, 5) is 17.6. The molecule has 18 heavy (non-hydrogen) atoms. The second-order valence-corrected chi connectivity index (χ2v) is 5.56. The minimum atomic E-state index is -0.956. The van der Waals surface area contributed by atoms with E-state index in [0.29, 0.717) is 11.9 Å². The van der Waals surface area contributed by atoms with E-state index in [1.807, 2.05) is 0 Å². The van der Waals surface area contributed by atoms with Crippen LogP contribution in [0.15, 0.2) is 12.1 Å². The van der Waals surface area contributed by atoms with Crippen molar-refractivity contribution in [1.29, 1.82) is 0 Å². The molecular formula is C13H15ClN2O2. The summed E-state index contributed by atoms with van der Waals surface area (Å²) >= 11 is 5.91. The molecule has 2 fully saturated rings. The fourth-order valence-corrected chi connectivity index (χ4v) is 2.35. The molecule has 1 aromatic rings. The molecule has 0 aromatic carbocycles. The Hall–Kier alpha value is -1.29. The van der Waals surface area contributed by atoms with E-state index in [2.05, 4.69) is 9.88 Å². The highest BCUT2D eigenvalue weighted by Crippen LogP contribution is 2.37. The summed E-state index contributed by atoms with van der Waals surface area (Å²) in [5, 5.41) is 9.31. The minimum Gasteiger partial charge on any atom is -0.478 e. The number of rotatable bonds is 5. The van der Waals surface area contributed by atoms with E-state index >= 15 is 0 Å². The van der Waals surface area contributed by atoms with Crippen LogP contribution in [-0.2, 0) is 0 Å². The molecule has 1 N–H and O–H groups in total. The average molecular weight is 267 g/mol. The highest BCUT2D eigenvalue weighted by molar-refractivity contribution is 6.29. The van der Waals surface area contributed by atoms with Gasteiger partial charge < -0.3 is 10.0 Å². The Morgan fingerprint density at radius 3 is 2.67 bits per heavy atom. The number of carboxylic acid groups (broad SMARTS) is 1. The largest absolute Gasteiger partial charge is 0.478 e. The second kappa shape index (κ2) is 4.43. The lowest BCUT2D eigenvalue weighted by Crippen LogP contribution is -2.29. The van der Waals surface area contributed by atoms with Crippen LogP contribution in [0.4, 0.5) is 5.82 Å². The maximum absolute atomic E-state index is 11.0. The van der Waals surface area contributed by atoms with E-state index in [0.717, 1.165) is 12.5 Å². The highest BCUT2D eigenvalue weighted by Gasteiger charge is 2.34. The van der Waals surface area contributed by atoms with Crippen LogP contribution in [0.25, 0.3) is 0 Å². The molecule has 0 saturated heterocycles. The predicted molar refractivity (Wildman–Crippen MR) is 69.3 cm³/mol. The van der Waals surface area contributed by atoms with Gasteiger partial charge in [0.25, 0.3) is 0 Å². The maximum atomic E-state index is 11.0. The fraction of sp³-hybridized carbons (Fsp3) is 0.538. The molecule has 96 valence electrons. The number of hydrogen-bond donors (Lipinski definition) is 1. The third kappa shape index (κ3) is 2.58. The SMILES string of the molecule is O=C(O)c1cc(Cl)nc(N(CC2CC2)C2CC2)c1. The summed E-state index contributed by atoms with van der Waals surface area (Å²) in [6.07, 6.45) is 4.89. The monoisotopic (exact) mass is 266 g/mol. The van der Waals surface area contributed by atoms with Crippen molar-refractivity contribution in [2.24, 2.45) is 5.92 Å². The van der Waals surface area contributed by atoms with Crippen LogP contribution < -0.4 is 4.90 Å². The average Bonchev–Trinajstić information content (AvgIpc) is 3.17. The van der Waals surface area contributed by atoms with Crippen molar-refractivity contribution < 1.29 is 9.90 Å². The van der Waals surface area contributed by atoms with Gasteiger partial charge in [0.05, 0.1) is 5.56 Å². The number of carbonyl (C=O) groups is 1. The maximum Gasteiger partial charge on any atom is 0.335 e. The molecule has 1 aromatic heterocycles. The molecule has 3 rings (SSSR count). The van der Waals surface area contributed by atoms with E-state index in [-0.39, 0.29) is 10.7 Å². The first-order chi connectivity index (χ1) is 8.63. The van der Waals surface area contributed by atoms with Gasteiger partial charge in [-0.1, -0.05) is 11.6 Å². The molecule has 0 bridgehead atoms.